The molecule has 0 fully saturated rings. The molecule has 0 bridgehead atoms. The fourth-order valence-corrected chi connectivity index (χ4v) is 2.86. The van der Waals surface area contributed by atoms with Crippen molar-refractivity contribution >= 4 is 5.91 Å². The lowest BCUT2D eigenvalue weighted by atomic mass is 10.0. The fourth-order valence-electron chi connectivity index (χ4n) is 2.86. The van der Waals surface area contributed by atoms with Gasteiger partial charge in [0, 0.05) is 0 Å². The van der Waals surface area contributed by atoms with Crippen molar-refractivity contribution in [2.75, 3.05) is 0 Å². The molecule has 1 atom stereocenters. The van der Waals surface area contributed by atoms with Crippen LogP contribution in [0.15, 0.2) is 59.1 Å². The van der Waals surface area contributed by atoms with Gasteiger partial charge in [-0.05, 0) is 38.0 Å². The van der Waals surface area contributed by atoms with E-state index in [1.165, 1.54) is 0 Å². The molecule has 140 valence electrons. The first-order valence-corrected chi connectivity index (χ1v) is 9.09. The lowest BCUT2D eigenvalue weighted by Crippen LogP contribution is -2.29. The Bertz CT molecular complexity index is 886. The molecule has 0 aliphatic carbocycles. The third-order valence-corrected chi connectivity index (χ3v) is 4.52. The summed E-state index contributed by atoms with van der Waals surface area (Å²) >= 11 is 0. The molecule has 1 unspecified atom stereocenters. The summed E-state index contributed by atoms with van der Waals surface area (Å²) in [6.45, 7) is 6.07. The van der Waals surface area contributed by atoms with Gasteiger partial charge < -0.3 is 14.6 Å². The number of rotatable bonds is 7. The number of nitrogens with zero attached hydrogens (tertiary/aromatic N) is 1. The summed E-state index contributed by atoms with van der Waals surface area (Å²) in [5.41, 5.74) is 3.16. The van der Waals surface area contributed by atoms with Gasteiger partial charge in [-0.15, -0.1) is 0 Å². The molecule has 0 aliphatic rings. The molecule has 0 saturated carbocycles. The molecule has 0 aliphatic heterocycles. The normalized spacial score (nSPS) is 11.8. The second-order valence-corrected chi connectivity index (χ2v) is 6.51. The minimum absolute atomic E-state index is 0.0819. The Morgan fingerprint density at radius 1 is 1.11 bits per heavy atom. The van der Waals surface area contributed by atoms with Crippen LogP contribution in [0.1, 0.15) is 52.3 Å². The van der Waals surface area contributed by atoms with Crippen LogP contribution in [0, 0.1) is 13.8 Å². The van der Waals surface area contributed by atoms with Crippen LogP contribution in [0.25, 0.3) is 0 Å². The van der Waals surface area contributed by atoms with Crippen molar-refractivity contribution in [2.45, 2.75) is 39.8 Å². The predicted molar refractivity (Wildman–Crippen MR) is 104 cm³/mol. The number of nitrogens with one attached hydrogen (secondary N) is 1. The fraction of sp³-hybridized carbons (Fsp3) is 0.273. The van der Waals surface area contributed by atoms with E-state index in [9.17, 15) is 4.79 Å². The maximum Gasteiger partial charge on any atom is 0.274 e. The standard InChI is InChI=1S/C22H24N2O3/c1-4-20(17-8-6-5-7-9-17)23-22(25)21-19(16(3)27-24-21)14-26-18-12-10-15(2)11-13-18/h5-13,20H,4,14H2,1-3H3,(H,23,25). The highest BCUT2D eigenvalue weighted by molar-refractivity contribution is 5.94. The number of carbonyl (C=O) groups is 1. The van der Waals surface area contributed by atoms with Crippen LogP contribution in [0.5, 0.6) is 5.75 Å². The topological polar surface area (TPSA) is 64.4 Å². The van der Waals surface area contributed by atoms with Crippen molar-refractivity contribution in [2.24, 2.45) is 0 Å². The van der Waals surface area contributed by atoms with E-state index in [1.807, 2.05) is 68.4 Å². The number of aryl methyl sites for hydroxylation is 2. The zero-order valence-electron chi connectivity index (χ0n) is 15.9. The van der Waals surface area contributed by atoms with Crippen LogP contribution in [0.3, 0.4) is 0 Å². The Kier molecular flexibility index (Phi) is 5.91. The Labute approximate surface area is 159 Å². The number of hydrogen-bond acceptors (Lipinski definition) is 4. The minimum atomic E-state index is -0.259. The first-order valence-electron chi connectivity index (χ1n) is 9.09. The zero-order valence-corrected chi connectivity index (χ0v) is 15.9. The van der Waals surface area contributed by atoms with Crippen molar-refractivity contribution in [3.63, 3.8) is 0 Å². The average molecular weight is 364 g/mol. The van der Waals surface area contributed by atoms with Crippen LogP contribution in [-0.4, -0.2) is 11.1 Å². The molecular weight excluding hydrogens is 340 g/mol. The molecule has 1 aromatic heterocycles. The van der Waals surface area contributed by atoms with Gasteiger partial charge in [-0.3, -0.25) is 4.79 Å². The lowest BCUT2D eigenvalue weighted by Gasteiger charge is -2.17. The molecule has 27 heavy (non-hydrogen) atoms. The van der Waals surface area contributed by atoms with Crippen LogP contribution in [-0.2, 0) is 6.61 Å². The summed E-state index contributed by atoms with van der Waals surface area (Å²) in [6.07, 6.45) is 0.780. The van der Waals surface area contributed by atoms with Gasteiger partial charge in [0.25, 0.3) is 5.91 Å². The third-order valence-electron chi connectivity index (χ3n) is 4.52. The van der Waals surface area contributed by atoms with Crippen LogP contribution in [0.2, 0.25) is 0 Å². The number of hydrogen-bond donors (Lipinski definition) is 1. The summed E-state index contributed by atoms with van der Waals surface area (Å²) in [6, 6.07) is 17.6. The van der Waals surface area contributed by atoms with Crippen molar-refractivity contribution < 1.29 is 14.1 Å². The van der Waals surface area contributed by atoms with Gasteiger partial charge in [-0.2, -0.15) is 0 Å². The van der Waals surface area contributed by atoms with Crippen molar-refractivity contribution in [1.82, 2.24) is 10.5 Å². The smallest absolute Gasteiger partial charge is 0.274 e. The maximum atomic E-state index is 12.8. The Morgan fingerprint density at radius 2 is 1.81 bits per heavy atom. The molecular formula is C22H24N2O3. The molecule has 3 aromatic rings. The highest BCUT2D eigenvalue weighted by Crippen LogP contribution is 2.21. The van der Waals surface area contributed by atoms with Gasteiger partial charge in [0.2, 0.25) is 0 Å². The molecule has 3 rings (SSSR count). The van der Waals surface area contributed by atoms with E-state index in [-0.39, 0.29) is 24.2 Å². The van der Waals surface area contributed by atoms with Gasteiger partial charge >= 0.3 is 0 Å². The van der Waals surface area contributed by atoms with E-state index in [2.05, 4.69) is 10.5 Å². The largest absolute Gasteiger partial charge is 0.489 e. The third kappa shape index (κ3) is 4.56. The van der Waals surface area contributed by atoms with Crippen molar-refractivity contribution in [1.29, 1.82) is 0 Å². The van der Waals surface area contributed by atoms with Crippen molar-refractivity contribution in [3.8, 4) is 5.75 Å². The first-order chi connectivity index (χ1) is 13.1. The summed E-state index contributed by atoms with van der Waals surface area (Å²) in [7, 11) is 0. The second kappa shape index (κ2) is 8.54. The Morgan fingerprint density at radius 3 is 2.48 bits per heavy atom. The molecule has 1 N–H and O–H groups in total. The molecule has 0 spiro atoms. The molecule has 1 heterocycles. The highest BCUT2D eigenvalue weighted by Gasteiger charge is 2.23. The molecule has 2 aromatic carbocycles. The average Bonchev–Trinajstić information content (AvgIpc) is 3.07. The number of amides is 1. The van der Waals surface area contributed by atoms with E-state index in [1.54, 1.807) is 6.92 Å². The number of benzene rings is 2. The summed E-state index contributed by atoms with van der Waals surface area (Å²) in [5, 5.41) is 7.00. The van der Waals surface area contributed by atoms with Crippen LogP contribution >= 0.6 is 0 Å². The van der Waals surface area contributed by atoms with E-state index in [0.29, 0.717) is 11.3 Å². The summed E-state index contributed by atoms with van der Waals surface area (Å²) in [5.74, 6) is 1.06. The van der Waals surface area contributed by atoms with Crippen LogP contribution in [0.4, 0.5) is 0 Å². The molecule has 5 nitrogen and oxygen atoms in total. The van der Waals surface area contributed by atoms with Gasteiger partial charge in [0.05, 0.1) is 11.6 Å². The van der Waals surface area contributed by atoms with E-state index in [0.717, 1.165) is 23.3 Å². The Balaban J connectivity index is 1.72. The first kappa shape index (κ1) is 18.7. The molecule has 0 radical (unpaired) electrons. The summed E-state index contributed by atoms with van der Waals surface area (Å²) in [4.78, 5) is 12.8. The highest BCUT2D eigenvalue weighted by atomic mass is 16.5. The van der Waals surface area contributed by atoms with E-state index < -0.39 is 0 Å². The monoisotopic (exact) mass is 364 g/mol. The SMILES string of the molecule is CCC(NC(=O)c1noc(C)c1COc1ccc(C)cc1)c1ccccc1. The van der Waals surface area contributed by atoms with Crippen molar-refractivity contribution in [3.05, 3.63) is 82.7 Å². The molecule has 5 heteroatoms. The predicted octanol–water partition coefficient (Wildman–Crippen LogP) is 4.75. The zero-order chi connectivity index (χ0) is 19.2. The number of ether oxygens (including phenoxy) is 1. The van der Waals surface area contributed by atoms with Gasteiger partial charge in [-0.25, -0.2) is 0 Å². The van der Waals surface area contributed by atoms with Gasteiger partial charge in [-0.1, -0.05) is 60.1 Å². The molecule has 0 saturated heterocycles. The number of aromatic nitrogens is 1. The summed E-state index contributed by atoms with van der Waals surface area (Å²) < 4.78 is 11.1. The van der Waals surface area contributed by atoms with E-state index >= 15 is 0 Å². The maximum absolute atomic E-state index is 12.8. The minimum Gasteiger partial charge on any atom is -0.489 e. The second-order valence-electron chi connectivity index (χ2n) is 6.51. The van der Waals surface area contributed by atoms with Gasteiger partial charge in [0.15, 0.2) is 5.69 Å². The van der Waals surface area contributed by atoms with Gasteiger partial charge in [0.1, 0.15) is 18.1 Å². The van der Waals surface area contributed by atoms with Crippen LogP contribution < -0.4 is 10.1 Å². The quantitative estimate of drug-likeness (QED) is 0.657. The lowest BCUT2D eigenvalue weighted by molar-refractivity contribution is 0.0924. The number of carbonyl (C=O) groups excluding carboxylic acids is 1. The van der Waals surface area contributed by atoms with E-state index in [4.69, 9.17) is 9.26 Å². The Hall–Kier alpha value is -3.08. The molecule has 1 amide bonds.